The van der Waals surface area contributed by atoms with Gasteiger partial charge in [-0.05, 0) is 0 Å². The third-order valence-electron chi connectivity index (χ3n) is 1.73. The van der Waals surface area contributed by atoms with Crippen LogP contribution in [0.4, 0.5) is 0 Å². The monoisotopic (exact) mass is 207 g/mol. The van der Waals surface area contributed by atoms with E-state index < -0.39 is 0 Å². The maximum Gasteiger partial charge on any atom is 0.225 e. The molecule has 0 saturated heterocycles. The summed E-state index contributed by atoms with van der Waals surface area (Å²) >= 11 is 5.59. The van der Waals surface area contributed by atoms with Crippen LogP contribution >= 0.6 is 11.6 Å². The van der Waals surface area contributed by atoms with Crippen molar-refractivity contribution in [2.75, 3.05) is 32.7 Å². The number of hydrogen-bond donors (Lipinski definition) is 0. The van der Waals surface area contributed by atoms with E-state index in [0.717, 1.165) is 0 Å². The molecule has 0 unspecified atom stereocenters. The van der Waals surface area contributed by atoms with Gasteiger partial charge in [0.15, 0.2) is 0 Å². The molecule has 0 aromatic rings. The second kappa shape index (κ2) is 7.15. The lowest BCUT2D eigenvalue weighted by atomic mass is 10.2. The maximum absolute atomic E-state index is 11.6. The fourth-order valence-corrected chi connectivity index (χ4v) is 1.20. The van der Waals surface area contributed by atoms with Crippen LogP contribution in [0.1, 0.15) is 13.8 Å². The minimum absolute atomic E-state index is 0.0278. The first-order valence-electron chi connectivity index (χ1n) is 4.47. The Morgan fingerprint density at radius 3 is 2.46 bits per heavy atom. The average molecular weight is 208 g/mol. The number of carbonyl (C=O) groups excluding carboxylic acids is 1. The first-order chi connectivity index (χ1) is 6.13. The van der Waals surface area contributed by atoms with Gasteiger partial charge in [0.2, 0.25) is 5.91 Å². The van der Waals surface area contributed by atoms with Crippen molar-refractivity contribution in [3.8, 4) is 0 Å². The van der Waals surface area contributed by atoms with E-state index in [1.54, 1.807) is 12.0 Å². The first-order valence-corrected chi connectivity index (χ1v) is 5.00. The molecule has 0 aliphatic rings. The number of ether oxygens (including phenoxy) is 1. The van der Waals surface area contributed by atoms with E-state index in [0.29, 0.717) is 25.6 Å². The Balaban J connectivity index is 3.99. The smallest absolute Gasteiger partial charge is 0.225 e. The summed E-state index contributed by atoms with van der Waals surface area (Å²) in [5.74, 6) is 0.639. The molecule has 4 heteroatoms. The molecule has 0 bridgehead atoms. The third-order valence-corrected chi connectivity index (χ3v) is 1.89. The van der Waals surface area contributed by atoms with Gasteiger partial charge in [-0.2, -0.15) is 0 Å². The number of rotatable bonds is 6. The Hall–Kier alpha value is -0.280. The lowest BCUT2D eigenvalue weighted by Gasteiger charge is -2.23. The van der Waals surface area contributed by atoms with Crippen LogP contribution in [0.15, 0.2) is 0 Å². The molecule has 0 aliphatic carbocycles. The van der Waals surface area contributed by atoms with Crippen LogP contribution in [0.25, 0.3) is 0 Å². The van der Waals surface area contributed by atoms with Gasteiger partial charge in [0.25, 0.3) is 0 Å². The highest BCUT2D eigenvalue weighted by atomic mass is 35.5. The Morgan fingerprint density at radius 2 is 2.08 bits per heavy atom. The Bertz CT molecular complexity index is 151. The van der Waals surface area contributed by atoms with E-state index in [-0.39, 0.29) is 11.8 Å². The lowest BCUT2D eigenvalue weighted by molar-refractivity contribution is -0.134. The highest BCUT2D eigenvalue weighted by molar-refractivity contribution is 6.18. The molecule has 0 N–H and O–H groups in total. The van der Waals surface area contributed by atoms with Crippen LogP contribution < -0.4 is 0 Å². The Morgan fingerprint density at radius 1 is 1.46 bits per heavy atom. The molecular weight excluding hydrogens is 190 g/mol. The van der Waals surface area contributed by atoms with E-state index in [2.05, 4.69) is 0 Å². The quantitative estimate of drug-likeness (QED) is 0.616. The van der Waals surface area contributed by atoms with Crippen LogP contribution in [-0.2, 0) is 9.53 Å². The lowest BCUT2D eigenvalue weighted by Crippen LogP contribution is -2.38. The molecule has 78 valence electrons. The molecule has 0 fully saturated rings. The van der Waals surface area contributed by atoms with Gasteiger partial charge < -0.3 is 9.64 Å². The Kier molecular flexibility index (Phi) is 7.00. The molecule has 0 aromatic carbocycles. The predicted octanol–water partition coefficient (Wildman–Crippen LogP) is 1.36. The second-order valence-corrected chi connectivity index (χ2v) is 3.54. The van der Waals surface area contributed by atoms with Crippen molar-refractivity contribution < 1.29 is 9.53 Å². The zero-order valence-corrected chi connectivity index (χ0v) is 9.30. The fourth-order valence-electron chi connectivity index (χ4n) is 1.00. The number of carbonyl (C=O) groups is 1. The summed E-state index contributed by atoms with van der Waals surface area (Å²) in [7, 11) is 1.62. The van der Waals surface area contributed by atoms with Crippen LogP contribution in [-0.4, -0.2) is 43.5 Å². The van der Waals surface area contributed by atoms with E-state index in [1.165, 1.54) is 0 Å². The van der Waals surface area contributed by atoms with Gasteiger partial charge in [-0.25, -0.2) is 0 Å². The van der Waals surface area contributed by atoms with Gasteiger partial charge in [0, 0.05) is 32.0 Å². The second-order valence-electron chi connectivity index (χ2n) is 3.16. The molecule has 3 nitrogen and oxygen atoms in total. The van der Waals surface area contributed by atoms with Crippen molar-refractivity contribution >= 4 is 17.5 Å². The molecule has 0 rings (SSSR count). The molecule has 0 aliphatic heterocycles. The average Bonchev–Trinajstić information content (AvgIpc) is 2.11. The van der Waals surface area contributed by atoms with Gasteiger partial charge in [-0.3, -0.25) is 4.79 Å². The van der Waals surface area contributed by atoms with Crippen LogP contribution in [0.3, 0.4) is 0 Å². The van der Waals surface area contributed by atoms with Crippen molar-refractivity contribution in [1.29, 1.82) is 0 Å². The predicted molar refractivity (Wildman–Crippen MR) is 54.0 cm³/mol. The number of alkyl halides is 1. The van der Waals surface area contributed by atoms with Crippen LogP contribution in [0.2, 0.25) is 0 Å². The van der Waals surface area contributed by atoms with Crippen molar-refractivity contribution in [3.63, 3.8) is 0 Å². The molecule has 1 amide bonds. The number of halogens is 1. The van der Waals surface area contributed by atoms with Gasteiger partial charge in [0.1, 0.15) is 0 Å². The highest BCUT2D eigenvalue weighted by Gasteiger charge is 2.15. The number of amides is 1. The van der Waals surface area contributed by atoms with Crippen molar-refractivity contribution in [3.05, 3.63) is 0 Å². The summed E-state index contributed by atoms with van der Waals surface area (Å²) in [6.07, 6.45) is 0. The third kappa shape index (κ3) is 5.11. The van der Waals surface area contributed by atoms with E-state index in [4.69, 9.17) is 16.3 Å². The van der Waals surface area contributed by atoms with Gasteiger partial charge >= 0.3 is 0 Å². The molecular formula is C9H18ClNO2. The first kappa shape index (κ1) is 12.7. The number of hydrogen-bond acceptors (Lipinski definition) is 2. The minimum atomic E-state index is 0.0278. The Labute approximate surface area is 85.0 Å². The summed E-state index contributed by atoms with van der Waals surface area (Å²) in [5, 5.41) is 0. The number of methoxy groups -OCH3 is 1. The molecule has 13 heavy (non-hydrogen) atoms. The van der Waals surface area contributed by atoms with Gasteiger partial charge in [0.05, 0.1) is 6.61 Å². The highest BCUT2D eigenvalue weighted by Crippen LogP contribution is 2.01. The normalized spacial score (nSPS) is 10.5. The molecule has 0 radical (unpaired) electrons. The largest absolute Gasteiger partial charge is 0.383 e. The molecule has 0 spiro atoms. The summed E-state index contributed by atoms with van der Waals surface area (Å²) < 4.78 is 4.91. The van der Waals surface area contributed by atoms with E-state index in [9.17, 15) is 4.79 Å². The summed E-state index contributed by atoms with van der Waals surface area (Å²) in [6.45, 7) is 5.56. The minimum Gasteiger partial charge on any atom is -0.383 e. The van der Waals surface area contributed by atoms with Crippen molar-refractivity contribution in [2.24, 2.45) is 5.92 Å². The van der Waals surface area contributed by atoms with Crippen molar-refractivity contribution in [2.45, 2.75) is 13.8 Å². The molecule has 0 aromatic heterocycles. The van der Waals surface area contributed by atoms with Crippen LogP contribution in [0, 0.1) is 5.92 Å². The van der Waals surface area contributed by atoms with Gasteiger partial charge in [-0.1, -0.05) is 13.8 Å². The van der Waals surface area contributed by atoms with Crippen molar-refractivity contribution in [1.82, 2.24) is 4.90 Å². The summed E-state index contributed by atoms with van der Waals surface area (Å²) in [4.78, 5) is 13.3. The topological polar surface area (TPSA) is 29.5 Å². The summed E-state index contributed by atoms with van der Waals surface area (Å²) in [6, 6.07) is 0. The zero-order chi connectivity index (χ0) is 10.3. The van der Waals surface area contributed by atoms with Crippen LogP contribution in [0.5, 0.6) is 0 Å². The van der Waals surface area contributed by atoms with E-state index >= 15 is 0 Å². The zero-order valence-electron chi connectivity index (χ0n) is 8.55. The molecule has 0 heterocycles. The number of nitrogens with zero attached hydrogens (tertiary/aromatic N) is 1. The summed E-state index contributed by atoms with van der Waals surface area (Å²) in [5.41, 5.74) is 0. The standard InChI is InChI=1S/C9H18ClNO2/c1-8(2)9(12)11(5-4-10)6-7-13-3/h8H,4-7H2,1-3H3. The molecule has 0 atom stereocenters. The maximum atomic E-state index is 11.6. The SMILES string of the molecule is COCCN(CCCl)C(=O)C(C)C. The van der Waals surface area contributed by atoms with Gasteiger partial charge in [-0.15, -0.1) is 11.6 Å². The van der Waals surface area contributed by atoms with E-state index in [1.807, 2.05) is 13.8 Å². The molecule has 0 saturated carbocycles. The fraction of sp³-hybridized carbons (Fsp3) is 0.889.